The van der Waals surface area contributed by atoms with E-state index >= 15 is 0 Å². The Hall–Kier alpha value is -1.39. The highest BCUT2D eigenvalue weighted by atomic mass is 32.1. The van der Waals surface area contributed by atoms with Crippen LogP contribution in [0.4, 0.5) is 5.82 Å². The van der Waals surface area contributed by atoms with Gasteiger partial charge >= 0.3 is 0 Å². The maximum absolute atomic E-state index is 5.70. The Balaban J connectivity index is 1.84. The van der Waals surface area contributed by atoms with Crippen LogP contribution in [-0.2, 0) is 13.1 Å². The third-order valence-corrected chi connectivity index (χ3v) is 4.09. The molecule has 1 fully saturated rings. The third-order valence-electron chi connectivity index (χ3n) is 3.23. The van der Waals surface area contributed by atoms with Gasteiger partial charge in [0.25, 0.3) is 0 Å². The first-order valence-electron chi connectivity index (χ1n) is 6.31. The molecule has 1 aliphatic rings. The smallest absolute Gasteiger partial charge is 0.129 e. The topological polar surface area (TPSA) is 42.1 Å². The lowest BCUT2D eigenvalue weighted by Crippen LogP contribution is -2.25. The van der Waals surface area contributed by atoms with E-state index in [1.54, 1.807) is 11.3 Å². The van der Waals surface area contributed by atoms with Gasteiger partial charge in [-0.1, -0.05) is 6.07 Å². The summed E-state index contributed by atoms with van der Waals surface area (Å²) in [5.41, 5.74) is 6.85. The quantitative estimate of drug-likeness (QED) is 0.897. The van der Waals surface area contributed by atoms with Crippen molar-refractivity contribution in [1.82, 2.24) is 4.98 Å². The SMILES string of the molecule is NCc1ccnc(N(Cc2cccs2)C2CC2)c1. The summed E-state index contributed by atoms with van der Waals surface area (Å²) in [6, 6.07) is 9.06. The van der Waals surface area contributed by atoms with E-state index in [0.29, 0.717) is 12.6 Å². The summed E-state index contributed by atoms with van der Waals surface area (Å²) < 4.78 is 0. The fraction of sp³-hybridized carbons (Fsp3) is 0.357. The molecular formula is C14H17N3S. The molecule has 0 unspecified atom stereocenters. The van der Waals surface area contributed by atoms with Crippen molar-refractivity contribution in [3.8, 4) is 0 Å². The van der Waals surface area contributed by atoms with Crippen LogP contribution in [0.1, 0.15) is 23.3 Å². The van der Waals surface area contributed by atoms with Gasteiger partial charge in [0.2, 0.25) is 0 Å². The number of hydrogen-bond acceptors (Lipinski definition) is 4. The second-order valence-corrected chi connectivity index (χ2v) is 5.70. The lowest BCUT2D eigenvalue weighted by Gasteiger charge is -2.23. The Labute approximate surface area is 111 Å². The molecule has 0 aliphatic heterocycles. The number of nitrogens with two attached hydrogens (primary N) is 1. The maximum atomic E-state index is 5.70. The van der Waals surface area contributed by atoms with Crippen molar-refractivity contribution >= 4 is 17.2 Å². The molecule has 2 aromatic heterocycles. The number of pyridine rings is 1. The van der Waals surface area contributed by atoms with E-state index in [1.807, 2.05) is 12.3 Å². The molecule has 0 radical (unpaired) electrons. The number of nitrogens with zero attached hydrogens (tertiary/aromatic N) is 2. The third kappa shape index (κ3) is 2.54. The zero-order valence-corrected chi connectivity index (χ0v) is 11.1. The average Bonchev–Trinajstić information content (AvgIpc) is 3.13. The molecule has 0 bridgehead atoms. The van der Waals surface area contributed by atoms with Crippen molar-refractivity contribution in [3.05, 3.63) is 46.3 Å². The van der Waals surface area contributed by atoms with Crippen molar-refractivity contribution in [2.75, 3.05) is 4.90 Å². The Morgan fingerprint density at radius 3 is 2.94 bits per heavy atom. The molecule has 0 atom stereocenters. The van der Waals surface area contributed by atoms with E-state index in [1.165, 1.54) is 17.7 Å². The van der Waals surface area contributed by atoms with E-state index in [4.69, 9.17) is 5.73 Å². The van der Waals surface area contributed by atoms with E-state index in [2.05, 4.69) is 33.5 Å². The average molecular weight is 259 g/mol. The molecule has 0 aromatic carbocycles. The zero-order chi connectivity index (χ0) is 12.4. The van der Waals surface area contributed by atoms with Crippen LogP contribution < -0.4 is 10.6 Å². The molecule has 0 amide bonds. The van der Waals surface area contributed by atoms with Crippen LogP contribution in [-0.4, -0.2) is 11.0 Å². The van der Waals surface area contributed by atoms with Gasteiger partial charge in [-0.15, -0.1) is 11.3 Å². The van der Waals surface area contributed by atoms with Crippen LogP contribution in [0.2, 0.25) is 0 Å². The Morgan fingerprint density at radius 2 is 2.28 bits per heavy atom. The second-order valence-electron chi connectivity index (χ2n) is 4.66. The molecule has 2 aromatic rings. The first kappa shape index (κ1) is 11.7. The van der Waals surface area contributed by atoms with Crippen LogP contribution in [0.3, 0.4) is 0 Å². The zero-order valence-electron chi connectivity index (χ0n) is 10.2. The Morgan fingerprint density at radius 1 is 1.39 bits per heavy atom. The van der Waals surface area contributed by atoms with Crippen LogP contribution in [0.15, 0.2) is 35.8 Å². The van der Waals surface area contributed by atoms with Gasteiger partial charge in [0, 0.05) is 23.7 Å². The van der Waals surface area contributed by atoms with Crippen molar-refractivity contribution in [3.63, 3.8) is 0 Å². The van der Waals surface area contributed by atoms with E-state index in [-0.39, 0.29) is 0 Å². The molecule has 2 heterocycles. The molecule has 3 rings (SSSR count). The highest BCUT2D eigenvalue weighted by molar-refractivity contribution is 7.09. The monoisotopic (exact) mass is 259 g/mol. The highest BCUT2D eigenvalue weighted by Crippen LogP contribution is 2.32. The van der Waals surface area contributed by atoms with Crippen molar-refractivity contribution in [2.45, 2.75) is 32.0 Å². The first-order valence-corrected chi connectivity index (χ1v) is 7.19. The summed E-state index contributed by atoms with van der Waals surface area (Å²) in [5, 5.41) is 2.13. The minimum atomic E-state index is 0.576. The molecule has 1 saturated carbocycles. The van der Waals surface area contributed by atoms with E-state index in [9.17, 15) is 0 Å². The molecule has 1 aliphatic carbocycles. The van der Waals surface area contributed by atoms with E-state index < -0.39 is 0 Å². The lowest BCUT2D eigenvalue weighted by atomic mass is 10.2. The van der Waals surface area contributed by atoms with Crippen molar-refractivity contribution in [1.29, 1.82) is 0 Å². The largest absolute Gasteiger partial charge is 0.348 e. The summed E-state index contributed by atoms with van der Waals surface area (Å²) in [6.45, 7) is 1.54. The standard InChI is InChI=1S/C14H17N3S/c15-9-11-5-6-16-14(8-11)17(12-3-4-12)10-13-2-1-7-18-13/h1-2,5-8,12H,3-4,9-10,15H2. The van der Waals surface area contributed by atoms with Crippen LogP contribution in [0.5, 0.6) is 0 Å². The van der Waals surface area contributed by atoms with Gasteiger partial charge in [0.15, 0.2) is 0 Å². The highest BCUT2D eigenvalue weighted by Gasteiger charge is 2.30. The van der Waals surface area contributed by atoms with Crippen molar-refractivity contribution in [2.24, 2.45) is 5.73 Å². The van der Waals surface area contributed by atoms with Gasteiger partial charge in [-0.25, -0.2) is 4.98 Å². The minimum absolute atomic E-state index is 0.576. The van der Waals surface area contributed by atoms with Gasteiger partial charge in [0.1, 0.15) is 5.82 Å². The number of aromatic nitrogens is 1. The van der Waals surface area contributed by atoms with Gasteiger partial charge in [-0.2, -0.15) is 0 Å². The summed E-state index contributed by atoms with van der Waals surface area (Å²) in [7, 11) is 0. The number of anilines is 1. The van der Waals surface area contributed by atoms with Crippen LogP contribution in [0, 0.1) is 0 Å². The summed E-state index contributed by atoms with van der Waals surface area (Å²) in [4.78, 5) is 8.30. The number of rotatable bonds is 5. The molecule has 3 nitrogen and oxygen atoms in total. The molecule has 2 N–H and O–H groups in total. The van der Waals surface area contributed by atoms with Gasteiger partial charge < -0.3 is 10.6 Å². The fourth-order valence-corrected chi connectivity index (χ4v) is 2.80. The summed E-state index contributed by atoms with van der Waals surface area (Å²) in [5.74, 6) is 1.06. The molecule has 4 heteroatoms. The molecule has 0 spiro atoms. The molecular weight excluding hydrogens is 242 g/mol. The molecule has 18 heavy (non-hydrogen) atoms. The number of thiophene rings is 1. The fourth-order valence-electron chi connectivity index (χ4n) is 2.10. The maximum Gasteiger partial charge on any atom is 0.129 e. The van der Waals surface area contributed by atoms with E-state index in [0.717, 1.165) is 17.9 Å². The van der Waals surface area contributed by atoms with Crippen LogP contribution >= 0.6 is 11.3 Å². The van der Waals surface area contributed by atoms with Crippen LogP contribution in [0.25, 0.3) is 0 Å². The predicted octanol–water partition coefficient (Wildman–Crippen LogP) is 2.77. The van der Waals surface area contributed by atoms with Gasteiger partial charge in [-0.05, 0) is 42.0 Å². The second kappa shape index (κ2) is 5.08. The van der Waals surface area contributed by atoms with Gasteiger partial charge in [-0.3, -0.25) is 0 Å². The Bertz CT molecular complexity index is 506. The summed E-state index contributed by atoms with van der Waals surface area (Å²) in [6.07, 6.45) is 4.42. The number of hydrogen-bond donors (Lipinski definition) is 1. The molecule has 94 valence electrons. The Kier molecular flexibility index (Phi) is 3.30. The first-order chi connectivity index (χ1) is 8.86. The van der Waals surface area contributed by atoms with Gasteiger partial charge in [0.05, 0.1) is 6.54 Å². The predicted molar refractivity (Wildman–Crippen MR) is 75.7 cm³/mol. The normalized spacial score (nSPS) is 14.7. The lowest BCUT2D eigenvalue weighted by molar-refractivity contribution is 0.784. The minimum Gasteiger partial charge on any atom is -0.348 e. The van der Waals surface area contributed by atoms with Crippen molar-refractivity contribution < 1.29 is 0 Å². The molecule has 0 saturated heterocycles. The summed E-state index contributed by atoms with van der Waals surface area (Å²) >= 11 is 1.81.